The molecule has 0 aliphatic rings. The van der Waals surface area contributed by atoms with Crippen molar-refractivity contribution in [2.75, 3.05) is 4.90 Å². The molecule has 0 saturated carbocycles. The van der Waals surface area contributed by atoms with E-state index in [1.54, 1.807) is 53.3 Å². The second kappa shape index (κ2) is 10.5. The largest absolute Gasteiger partial charge is 0.478 e. The molecule has 1 N–H and O–H groups in total. The summed E-state index contributed by atoms with van der Waals surface area (Å²) in [6, 6.07) is 21.1. The van der Waals surface area contributed by atoms with Crippen molar-refractivity contribution < 1.29 is 19.1 Å². The van der Waals surface area contributed by atoms with Gasteiger partial charge in [-0.15, -0.1) is 0 Å². The second-order valence-electron chi connectivity index (χ2n) is 8.75. The Morgan fingerprint density at radius 3 is 2.50 bits per heavy atom. The van der Waals surface area contributed by atoms with Crippen LogP contribution in [0, 0.1) is 5.82 Å². The minimum Gasteiger partial charge on any atom is -0.478 e. The molecule has 5 aromatic rings. The third-order valence-electron chi connectivity index (χ3n) is 6.20. The van der Waals surface area contributed by atoms with E-state index < -0.39 is 11.8 Å². The Hall–Kier alpha value is -5.11. The van der Waals surface area contributed by atoms with Gasteiger partial charge in [0.1, 0.15) is 5.82 Å². The summed E-state index contributed by atoms with van der Waals surface area (Å²) < 4.78 is 17.2. The zero-order valence-corrected chi connectivity index (χ0v) is 20.5. The van der Waals surface area contributed by atoms with Crippen molar-refractivity contribution in [3.8, 4) is 11.1 Å². The number of aromatic nitrogens is 3. The first kappa shape index (κ1) is 24.6. The maximum Gasteiger partial charge on any atom is 0.328 e. The molecule has 8 heteroatoms. The Labute approximate surface area is 218 Å². The summed E-state index contributed by atoms with van der Waals surface area (Å²) in [5.41, 5.74) is 4.22. The minimum atomic E-state index is -1.10. The van der Waals surface area contributed by atoms with Crippen LogP contribution < -0.4 is 4.90 Å². The molecular formula is C30H23FN4O3. The number of nitrogens with zero attached hydrogens (tertiary/aromatic N) is 4. The Bertz CT molecular complexity index is 1680. The lowest BCUT2D eigenvalue weighted by molar-refractivity contribution is -0.131. The first-order valence-electron chi connectivity index (χ1n) is 11.8. The quantitative estimate of drug-likeness (QED) is 0.285. The number of aryl methyl sites for hydroxylation is 1. The van der Waals surface area contributed by atoms with Crippen LogP contribution in [0.3, 0.4) is 0 Å². The molecule has 0 radical (unpaired) electrons. The maximum atomic E-state index is 15.4. The number of benzene rings is 3. The molecular weight excluding hydrogens is 483 g/mol. The van der Waals surface area contributed by atoms with Gasteiger partial charge in [0, 0.05) is 35.8 Å². The fourth-order valence-corrected chi connectivity index (χ4v) is 4.24. The smallest absolute Gasteiger partial charge is 0.328 e. The fourth-order valence-electron chi connectivity index (χ4n) is 4.24. The van der Waals surface area contributed by atoms with Gasteiger partial charge in [0.2, 0.25) is 0 Å². The number of pyridine rings is 1. The molecule has 0 atom stereocenters. The summed E-state index contributed by atoms with van der Waals surface area (Å²) in [6.07, 6.45) is 7.13. The van der Waals surface area contributed by atoms with Crippen LogP contribution in [-0.4, -0.2) is 31.7 Å². The number of hydrogen-bond acceptors (Lipinski definition) is 4. The highest BCUT2D eigenvalue weighted by atomic mass is 19.1. The monoisotopic (exact) mass is 506 g/mol. The van der Waals surface area contributed by atoms with Gasteiger partial charge in [-0.25, -0.2) is 9.18 Å². The number of carbonyl (C=O) groups excluding carboxylic acids is 1. The van der Waals surface area contributed by atoms with Crippen LogP contribution in [0.1, 0.15) is 21.5 Å². The van der Waals surface area contributed by atoms with Crippen LogP contribution in [0.15, 0.2) is 97.5 Å². The summed E-state index contributed by atoms with van der Waals surface area (Å²) in [6.45, 7) is -0.0464. The van der Waals surface area contributed by atoms with Gasteiger partial charge in [0.05, 0.1) is 30.1 Å². The van der Waals surface area contributed by atoms with Gasteiger partial charge in [-0.2, -0.15) is 5.10 Å². The van der Waals surface area contributed by atoms with E-state index in [0.717, 1.165) is 22.5 Å². The first-order valence-corrected chi connectivity index (χ1v) is 11.8. The van der Waals surface area contributed by atoms with Crippen molar-refractivity contribution in [2.24, 2.45) is 7.05 Å². The van der Waals surface area contributed by atoms with Crippen LogP contribution in [0.4, 0.5) is 10.1 Å². The molecule has 7 nitrogen and oxygen atoms in total. The van der Waals surface area contributed by atoms with Crippen molar-refractivity contribution in [3.63, 3.8) is 0 Å². The van der Waals surface area contributed by atoms with E-state index in [1.165, 1.54) is 29.4 Å². The second-order valence-corrected chi connectivity index (χ2v) is 8.75. The molecule has 5 rings (SSSR count). The van der Waals surface area contributed by atoms with Crippen LogP contribution >= 0.6 is 0 Å². The standard InChI is InChI=1S/C30H23FN4O3/c1-34-28-11-10-22(14-25(28)17-33-34)23-8-9-24(27(31)15-23)19-35(30(38)21-5-3-2-4-6-21)26-13-20(16-32-18-26)7-12-29(36)37/h2-18H,19H2,1H3,(H,36,37). The van der Waals surface area contributed by atoms with Crippen LogP contribution in [0.25, 0.3) is 28.1 Å². The van der Waals surface area contributed by atoms with Gasteiger partial charge in [-0.1, -0.05) is 36.4 Å². The molecule has 0 saturated heterocycles. The van der Waals surface area contributed by atoms with E-state index in [2.05, 4.69) is 10.1 Å². The van der Waals surface area contributed by atoms with E-state index in [9.17, 15) is 9.59 Å². The Morgan fingerprint density at radius 1 is 0.974 bits per heavy atom. The Kier molecular flexibility index (Phi) is 6.78. The highest BCUT2D eigenvalue weighted by molar-refractivity contribution is 6.06. The number of carbonyl (C=O) groups is 2. The maximum absolute atomic E-state index is 15.4. The molecule has 0 fully saturated rings. The highest BCUT2D eigenvalue weighted by Gasteiger charge is 2.20. The minimum absolute atomic E-state index is 0.0464. The number of fused-ring (bicyclic) bond motifs is 1. The predicted molar refractivity (Wildman–Crippen MR) is 144 cm³/mol. The molecule has 188 valence electrons. The van der Waals surface area contributed by atoms with Crippen molar-refractivity contribution in [2.45, 2.75) is 6.54 Å². The SMILES string of the molecule is Cn1ncc2cc(-c3ccc(CN(C(=O)c4ccccc4)c4cncc(C=CC(=O)O)c4)c(F)c3)ccc21. The van der Waals surface area contributed by atoms with Crippen LogP contribution in [0.2, 0.25) is 0 Å². The summed E-state index contributed by atoms with van der Waals surface area (Å²) in [5.74, 6) is -1.88. The molecule has 0 aliphatic carbocycles. The van der Waals surface area contributed by atoms with E-state index in [1.807, 2.05) is 31.3 Å². The zero-order chi connectivity index (χ0) is 26.6. The van der Waals surface area contributed by atoms with E-state index in [-0.39, 0.29) is 12.5 Å². The average molecular weight is 507 g/mol. The number of rotatable bonds is 7. The molecule has 0 spiro atoms. The Morgan fingerprint density at radius 2 is 1.74 bits per heavy atom. The number of carboxylic acid groups (broad SMARTS) is 1. The molecule has 0 unspecified atom stereocenters. The van der Waals surface area contributed by atoms with E-state index in [0.29, 0.717) is 27.9 Å². The molecule has 2 aromatic heterocycles. The molecule has 0 aliphatic heterocycles. The summed E-state index contributed by atoms with van der Waals surface area (Å²) in [7, 11) is 1.87. The number of carboxylic acids is 1. The lowest BCUT2D eigenvalue weighted by Gasteiger charge is -2.23. The molecule has 3 aromatic carbocycles. The predicted octanol–water partition coefficient (Wildman–Crippen LogP) is 5.72. The molecule has 1 amide bonds. The fraction of sp³-hybridized carbons (Fsp3) is 0.0667. The zero-order valence-electron chi connectivity index (χ0n) is 20.5. The summed E-state index contributed by atoms with van der Waals surface area (Å²) in [4.78, 5) is 30.0. The molecule has 0 bridgehead atoms. The number of hydrogen-bond donors (Lipinski definition) is 1. The van der Waals surface area contributed by atoms with Crippen LogP contribution in [0.5, 0.6) is 0 Å². The number of aliphatic carboxylic acids is 1. The Balaban J connectivity index is 1.49. The normalized spacial score (nSPS) is 11.2. The van der Waals surface area contributed by atoms with Gasteiger partial charge in [-0.05, 0) is 59.2 Å². The van der Waals surface area contributed by atoms with Gasteiger partial charge < -0.3 is 10.0 Å². The van der Waals surface area contributed by atoms with Gasteiger partial charge in [0.15, 0.2) is 0 Å². The lowest BCUT2D eigenvalue weighted by atomic mass is 10.0. The number of amides is 1. The first-order chi connectivity index (χ1) is 18.4. The van der Waals surface area contributed by atoms with Crippen molar-refractivity contribution >= 4 is 34.5 Å². The highest BCUT2D eigenvalue weighted by Crippen LogP contribution is 2.28. The lowest BCUT2D eigenvalue weighted by Crippen LogP contribution is -2.31. The third-order valence-corrected chi connectivity index (χ3v) is 6.20. The van der Waals surface area contributed by atoms with Crippen LogP contribution in [-0.2, 0) is 18.4 Å². The van der Waals surface area contributed by atoms with Gasteiger partial charge in [0.25, 0.3) is 5.91 Å². The average Bonchev–Trinajstić information content (AvgIpc) is 3.31. The number of halogens is 1. The van der Waals surface area contributed by atoms with Crippen molar-refractivity contribution in [1.82, 2.24) is 14.8 Å². The van der Waals surface area contributed by atoms with Gasteiger partial charge >= 0.3 is 5.97 Å². The molecule has 2 heterocycles. The van der Waals surface area contributed by atoms with Crippen molar-refractivity contribution in [1.29, 1.82) is 0 Å². The topological polar surface area (TPSA) is 88.3 Å². The molecule has 38 heavy (non-hydrogen) atoms. The van der Waals surface area contributed by atoms with E-state index >= 15 is 4.39 Å². The summed E-state index contributed by atoms with van der Waals surface area (Å²) in [5, 5.41) is 14.2. The summed E-state index contributed by atoms with van der Waals surface area (Å²) >= 11 is 0. The van der Waals surface area contributed by atoms with E-state index in [4.69, 9.17) is 5.11 Å². The van der Waals surface area contributed by atoms with Gasteiger partial charge in [-0.3, -0.25) is 14.5 Å². The number of anilines is 1. The van der Waals surface area contributed by atoms with Crippen molar-refractivity contribution in [3.05, 3.63) is 120 Å². The third kappa shape index (κ3) is 5.19.